The molecule has 64 valence electrons. The van der Waals surface area contributed by atoms with Gasteiger partial charge in [-0.2, -0.15) is 0 Å². The normalized spacial score (nSPS) is 29.4. The van der Waals surface area contributed by atoms with E-state index in [1.807, 2.05) is 11.8 Å². The highest BCUT2D eigenvalue weighted by Crippen LogP contribution is 2.34. The molecule has 0 aliphatic carbocycles. The van der Waals surface area contributed by atoms with E-state index in [9.17, 15) is 0 Å². The van der Waals surface area contributed by atoms with Crippen molar-refractivity contribution in [3.63, 3.8) is 0 Å². The summed E-state index contributed by atoms with van der Waals surface area (Å²) in [7, 11) is 0. The van der Waals surface area contributed by atoms with Gasteiger partial charge in [0.1, 0.15) is 0 Å². The second-order valence-corrected chi connectivity index (χ2v) is 5.96. The van der Waals surface area contributed by atoms with Gasteiger partial charge in [0.15, 0.2) is 0 Å². The molecule has 1 rings (SSSR count). The van der Waals surface area contributed by atoms with Crippen LogP contribution in [0, 0.1) is 5.92 Å². The Morgan fingerprint density at radius 3 is 2.55 bits per heavy atom. The number of nitrogens with zero attached hydrogens (tertiary/aromatic N) is 1. The maximum Gasteiger partial charge on any atom is 0.0527 e. The molecular formula is C9H17NS. The van der Waals surface area contributed by atoms with Crippen LogP contribution in [0.4, 0.5) is 0 Å². The van der Waals surface area contributed by atoms with Crippen LogP contribution in [0.2, 0.25) is 0 Å². The van der Waals surface area contributed by atoms with Gasteiger partial charge >= 0.3 is 0 Å². The average molecular weight is 171 g/mol. The fraction of sp³-hybridized carbons (Fsp3) is 0.889. The highest BCUT2D eigenvalue weighted by Gasteiger charge is 2.27. The zero-order valence-corrected chi connectivity index (χ0v) is 8.61. The minimum absolute atomic E-state index is 0.351. The highest BCUT2D eigenvalue weighted by atomic mass is 32.2. The highest BCUT2D eigenvalue weighted by molar-refractivity contribution is 8.01. The summed E-state index contributed by atoms with van der Waals surface area (Å²) < 4.78 is 0.351. The lowest BCUT2D eigenvalue weighted by molar-refractivity contribution is 0.656. The molecule has 1 heterocycles. The Hall–Kier alpha value is 0.0200. The van der Waals surface area contributed by atoms with E-state index in [-0.39, 0.29) is 0 Å². The zero-order valence-electron chi connectivity index (χ0n) is 7.79. The topological polar surface area (TPSA) is 12.4 Å². The number of hydrogen-bond donors (Lipinski definition) is 0. The molecular weight excluding hydrogens is 154 g/mol. The molecule has 1 aliphatic heterocycles. The standard InChI is InChI=1S/C9H17NS/c1-7(2)8-5-10-6-9(3,4)11-8/h5,7-8H,6H2,1-4H3. The quantitative estimate of drug-likeness (QED) is 0.591. The molecule has 0 saturated heterocycles. The lowest BCUT2D eigenvalue weighted by Crippen LogP contribution is -2.31. The number of thioether (sulfide) groups is 1. The maximum absolute atomic E-state index is 4.39. The summed E-state index contributed by atoms with van der Waals surface area (Å²) in [6.45, 7) is 10.0. The number of aliphatic imine (C=N–C) groups is 1. The number of rotatable bonds is 1. The van der Waals surface area contributed by atoms with Crippen molar-refractivity contribution < 1.29 is 0 Å². The molecule has 0 amide bonds. The molecule has 0 saturated carbocycles. The minimum atomic E-state index is 0.351. The Morgan fingerprint density at radius 1 is 1.55 bits per heavy atom. The van der Waals surface area contributed by atoms with Crippen molar-refractivity contribution in [3.05, 3.63) is 0 Å². The van der Waals surface area contributed by atoms with Gasteiger partial charge in [0.2, 0.25) is 0 Å². The fourth-order valence-electron chi connectivity index (χ4n) is 1.12. The van der Waals surface area contributed by atoms with Crippen LogP contribution in [0.5, 0.6) is 0 Å². The van der Waals surface area contributed by atoms with Crippen LogP contribution in [0.3, 0.4) is 0 Å². The fourth-order valence-corrected chi connectivity index (χ4v) is 2.43. The predicted octanol–water partition coefficient (Wildman–Crippen LogP) is 2.61. The molecule has 0 bridgehead atoms. The minimum Gasteiger partial charge on any atom is -0.295 e. The summed E-state index contributed by atoms with van der Waals surface area (Å²) in [4.78, 5) is 4.39. The molecule has 1 atom stereocenters. The molecule has 0 aromatic heterocycles. The molecule has 11 heavy (non-hydrogen) atoms. The van der Waals surface area contributed by atoms with Gasteiger partial charge in [0, 0.05) is 16.2 Å². The molecule has 1 unspecified atom stereocenters. The monoisotopic (exact) mass is 171 g/mol. The SMILES string of the molecule is CC(C)C1C=NCC(C)(C)S1. The molecule has 0 fully saturated rings. The largest absolute Gasteiger partial charge is 0.295 e. The van der Waals surface area contributed by atoms with Crippen molar-refractivity contribution in [2.75, 3.05) is 6.54 Å². The van der Waals surface area contributed by atoms with Crippen molar-refractivity contribution in [1.29, 1.82) is 0 Å². The van der Waals surface area contributed by atoms with Crippen LogP contribution in [0.1, 0.15) is 27.7 Å². The summed E-state index contributed by atoms with van der Waals surface area (Å²) in [6.07, 6.45) is 2.11. The van der Waals surface area contributed by atoms with Gasteiger partial charge < -0.3 is 0 Å². The first-order chi connectivity index (χ1) is 5.01. The third-order valence-electron chi connectivity index (χ3n) is 1.84. The van der Waals surface area contributed by atoms with Crippen LogP contribution < -0.4 is 0 Å². The predicted molar refractivity (Wildman–Crippen MR) is 53.7 cm³/mol. The first-order valence-electron chi connectivity index (χ1n) is 4.19. The first kappa shape index (κ1) is 9.11. The second-order valence-electron chi connectivity index (χ2n) is 4.08. The van der Waals surface area contributed by atoms with Crippen LogP contribution in [0.25, 0.3) is 0 Å². The third kappa shape index (κ3) is 2.51. The summed E-state index contributed by atoms with van der Waals surface area (Å²) in [5.41, 5.74) is 0. The van der Waals surface area contributed by atoms with E-state index >= 15 is 0 Å². The Balaban J connectivity index is 2.60. The van der Waals surface area contributed by atoms with Gasteiger partial charge in [0.05, 0.1) is 6.54 Å². The van der Waals surface area contributed by atoms with Crippen LogP contribution >= 0.6 is 11.8 Å². The van der Waals surface area contributed by atoms with Crippen LogP contribution in [-0.4, -0.2) is 22.8 Å². The summed E-state index contributed by atoms with van der Waals surface area (Å²) >= 11 is 2.05. The Kier molecular flexibility index (Phi) is 2.63. The molecule has 0 spiro atoms. The van der Waals surface area contributed by atoms with Gasteiger partial charge in [-0.25, -0.2) is 0 Å². The Morgan fingerprint density at radius 2 is 2.18 bits per heavy atom. The molecule has 0 aromatic rings. The maximum atomic E-state index is 4.39. The molecule has 0 radical (unpaired) electrons. The van der Waals surface area contributed by atoms with Crippen molar-refractivity contribution in [1.82, 2.24) is 0 Å². The van der Waals surface area contributed by atoms with E-state index in [1.54, 1.807) is 0 Å². The smallest absolute Gasteiger partial charge is 0.0527 e. The van der Waals surface area contributed by atoms with E-state index in [0.29, 0.717) is 15.9 Å². The first-order valence-corrected chi connectivity index (χ1v) is 5.07. The van der Waals surface area contributed by atoms with Gasteiger partial charge in [-0.3, -0.25) is 4.99 Å². The molecule has 1 aliphatic rings. The Bertz CT molecular complexity index is 161. The molecule has 1 nitrogen and oxygen atoms in total. The van der Waals surface area contributed by atoms with Crippen molar-refractivity contribution in [3.8, 4) is 0 Å². The molecule has 0 aromatic carbocycles. The van der Waals surface area contributed by atoms with Crippen molar-refractivity contribution in [2.45, 2.75) is 37.7 Å². The number of hydrogen-bond acceptors (Lipinski definition) is 2. The van der Waals surface area contributed by atoms with E-state index in [1.165, 1.54) is 0 Å². The van der Waals surface area contributed by atoms with Gasteiger partial charge in [-0.15, -0.1) is 11.8 Å². The summed E-state index contributed by atoms with van der Waals surface area (Å²) in [5.74, 6) is 0.711. The molecule has 0 N–H and O–H groups in total. The molecule has 2 heteroatoms. The van der Waals surface area contributed by atoms with Crippen molar-refractivity contribution >= 4 is 18.0 Å². The Labute approximate surface area is 73.7 Å². The van der Waals surface area contributed by atoms with Gasteiger partial charge in [-0.05, 0) is 19.8 Å². The van der Waals surface area contributed by atoms with Crippen LogP contribution in [-0.2, 0) is 0 Å². The van der Waals surface area contributed by atoms with E-state index in [4.69, 9.17) is 0 Å². The third-order valence-corrected chi connectivity index (χ3v) is 3.54. The summed E-state index contributed by atoms with van der Waals surface area (Å²) in [6, 6.07) is 0. The van der Waals surface area contributed by atoms with E-state index in [2.05, 4.69) is 38.9 Å². The lowest BCUT2D eigenvalue weighted by Gasteiger charge is -2.31. The van der Waals surface area contributed by atoms with E-state index in [0.717, 1.165) is 6.54 Å². The van der Waals surface area contributed by atoms with Crippen LogP contribution in [0.15, 0.2) is 4.99 Å². The van der Waals surface area contributed by atoms with Gasteiger partial charge in [-0.1, -0.05) is 13.8 Å². The zero-order chi connectivity index (χ0) is 8.48. The van der Waals surface area contributed by atoms with Gasteiger partial charge in [0.25, 0.3) is 0 Å². The van der Waals surface area contributed by atoms with Crippen molar-refractivity contribution in [2.24, 2.45) is 10.9 Å². The summed E-state index contributed by atoms with van der Waals surface area (Å²) in [5, 5.41) is 0.624. The second kappa shape index (κ2) is 3.18. The average Bonchev–Trinajstić information content (AvgIpc) is 1.85. The van der Waals surface area contributed by atoms with E-state index < -0.39 is 0 Å². The lowest BCUT2D eigenvalue weighted by atomic mass is 10.1.